The van der Waals surface area contributed by atoms with E-state index in [1.165, 1.54) is 23.6 Å². The van der Waals surface area contributed by atoms with Gasteiger partial charge in [-0.15, -0.1) is 0 Å². The third-order valence-electron chi connectivity index (χ3n) is 6.22. The molecule has 9 heteroatoms. The van der Waals surface area contributed by atoms with E-state index in [2.05, 4.69) is 34.1 Å². The summed E-state index contributed by atoms with van der Waals surface area (Å²) in [5, 5.41) is 9.02. The highest BCUT2D eigenvalue weighted by Gasteiger charge is 2.32. The fraction of sp³-hybridized carbons (Fsp3) is 0.407. The SMILES string of the molecule is COCC(=O)N1CCc2cc(OC)c(OC)cc2C1CCc1c[nH]c2ccccc12.COCC(=O)O. The van der Waals surface area contributed by atoms with Crippen LogP contribution < -0.4 is 9.47 Å². The maximum Gasteiger partial charge on any atom is 0.329 e. The average Bonchev–Trinajstić information content (AvgIpc) is 3.29. The summed E-state index contributed by atoms with van der Waals surface area (Å²) >= 11 is 0. The monoisotopic (exact) mass is 498 g/mol. The van der Waals surface area contributed by atoms with Crippen LogP contribution in [-0.2, 0) is 31.9 Å². The standard InChI is InChI=1S/C24H28N2O4.C3H6O3/c1-28-15-24(27)26-11-10-16-12-22(29-2)23(30-3)13-19(16)21(26)9-8-17-14-25-20-7-5-4-6-18(17)20;1-6-2-3(4)5/h4-7,12-14,21,25H,8-11,15H2,1-3H3;2H2,1H3,(H,4,5). The van der Waals surface area contributed by atoms with E-state index >= 15 is 0 Å². The van der Waals surface area contributed by atoms with Crippen molar-refractivity contribution in [3.63, 3.8) is 0 Å². The van der Waals surface area contributed by atoms with Crippen LogP contribution >= 0.6 is 0 Å². The van der Waals surface area contributed by atoms with Crippen LogP contribution in [-0.4, -0.2) is 75.1 Å². The molecule has 0 bridgehead atoms. The number of hydrogen-bond donors (Lipinski definition) is 2. The van der Waals surface area contributed by atoms with Gasteiger partial charge in [0.25, 0.3) is 0 Å². The fourth-order valence-corrected chi connectivity index (χ4v) is 4.60. The van der Waals surface area contributed by atoms with Crippen molar-refractivity contribution in [1.29, 1.82) is 0 Å². The van der Waals surface area contributed by atoms with Crippen LogP contribution in [0.1, 0.15) is 29.2 Å². The molecule has 0 spiro atoms. The number of para-hydroxylation sites is 1. The number of carboxylic acid groups (broad SMARTS) is 1. The number of carbonyl (C=O) groups is 2. The minimum atomic E-state index is -0.933. The molecule has 1 atom stereocenters. The zero-order valence-corrected chi connectivity index (χ0v) is 21.2. The number of H-pyrrole nitrogens is 1. The molecule has 4 rings (SSSR count). The van der Waals surface area contributed by atoms with E-state index in [1.54, 1.807) is 21.3 Å². The van der Waals surface area contributed by atoms with Gasteiger partial charge in [-0.3, -0.25) is 4.79 Å². The predicted molar refractivity (Wildman–Crippen MR) is 136 cm³/mol. The molecule has 3 aromatic rings. The molecule has 1 unspecified atom stereocenters. The molecule has 36 heavy (non-hydrogen) atoms. The molecule has 2 N–H and O–H groups in total. The number of nitrogens with zero attached hydrogens (tertiary/aromatic N) is 1. The first kappa shape index (κ1) is 27.0. The van der Waals surface area contributed by atoms with E-state index in [-0.39, 0.29) is 25.2 Å². The van der Waals surface area contributed by atoms with Crippen molar-refractivity contribution in [1.82, 2.24) is 9.88 Å². The van der Waals surface area contributed by atoms with Crippen molar-refractivity contribution < 1.29 is 33.6 Å². The van der Waals surface area contributed by atoms with Crippen molar-refractivity contribution in [3.05, 3.63) is 59.3 Å². The van der Waals surface area contributed by atoms with Gasteiger partial charge in [0.05, 0.1) is 20.3 Å². The third-order valence-corrected chi connectivity index (χ3v) is 6.22. The lowest BCUT2D eigenvalue weighted by Crippen LogP contribution is -2.42. The van der Waals surface area contributed by atoms with E-state index in [0.29, 0.717) is 12.3 Å². The van der Waals surface area contributed by atoms with Gasteiger partial charge < -0.3 is 33.9 Å². The zero-order valence-electron chi connectivity index (χ0n) is 21.2. The highest BCUT2D eigenvalue weighted by molar-refractivity contribution is 5.83. The molecular weight excluding hydrogens is 464 g/mol. The number of fused-ring (bicyclic) bond motifs is 2. The quantitative estimate of drug-likeness (QED) is 0.464. The number of benzene rings is 2. The fourth-order valence-electron chi connectivity index (χ4n) is 4.60. The second-order valence-electron chi connectivity index (χ2n) is 8.42. The number of hydrogen-bond acceptors (Lipinski definition) is 6. The Hall–Kier alpha value is -3.56. The van der Waals surface area contributed by atoms with Crippen molar-refractivity contribution in [3.8, 4) is 11.5 Å². The normalized spacial score (nSPS) is 14.6. The van der Waals surface area contributed by atoms with Crippen LogP contribution in [0.2, 0.25) is 0 Å². The van der Waals surface area contributed by atoms with Gasteiger partial charge in [0.2, 0.25) is 5.91 Å². The summed E-state index contributed by atoms with van der Waals surface area (Å²) in [5.74, 6) is 0.497. The van der Waals surface area contributed by atoms with E-state index in [1.807, 2.05) is 23.1 Å². The summed E-state index contributed by atoms with van der Waals surface area (Å²) in [6.07, 6.45) is 4.54. The van der Waals surface area contributed by atoms with Gasteiger partial charge in [0.15, 0.2) is 11.5 Å². The highest BCUT2D eigenvalue weighted by atomic mass is 16.5. The lowest BCUT2D eigenvalue weighted by atomic mass is 9.88. The predicted octanol–water partition coefficient (Wildman–Crippen LogP) is 3.61. The van der Waals surface area contributed by atoms with Crippen LogP contribution in [0.15, 0.2) is 42.6 Å². The second-order valence-corrected chi connectivity index (χ2v) is 8.42. The average molecular weight is 499 g/mol. The van der Waals surface area contributed by atoms with E-state index in [9.17, 15) is 9.59 Å². The minimum absolute atomic E-state index is 0.0156. The Morgan fingerprint density at radius 3 is 2.36 bits per heavy atom. The molecule has 2 heterocycles. The molecule has 1 aliphatic heterocycles. The molecular formula is C27H34N2O7. The number of carbonyl (C=O) groups excluding carboxylic acids is 1. The van der Waals surface area contributed by atoms with Crippen LogP contribution in [0.25, 0.3) is 10.9 Å². The van der Waals surface area contributed by atoms with Gasteiger partial charge in [0.1, 0.15) is 13.2 Å². The Morgan fingerprint density at radius 1 is 1.03 bits per heavy atom. The van der Waals surface area contributed by atoms with E-state index < -0.39 is 5.97 Å². The Morgan fingerprint density at radius 2 is 1.72 bits per heavy atom. The highest BCUT2D eigenvalue weighted by Crippen LogP contribution is 2.40. The molecule has 0 radical (unpaired) electrons. The number of carboxylic acids is 1. The summed E-state index contributed by atoms with van der Waals surface area (Å²) in [5.41, 5.74) is 4.73. The summed E-state index contributed by atoms with van der Waals surface area (Å²) in [6.45, 7) is 0.551. The van der Waals surface area contributed by atoms with E-state index in [4.69, 9.17) is 19.3 Å². The molecule has 0 saturated carbocycles. The van der Waals surface area contributed by atoms with Crippen LogP contribution in [0.3, 0.4) is 0 Å². The van der Waals surface area contributed by atoms with Crippen LogP contribution in [0, 0.1) is 0 Å². The van der Waals surface area contributed by atoms with Crippen LogP contribution in [0.5, 0.6) is 11.5 Å². The minimum Gasteiger partial charge on any atom is -0.493 e. The second kappa shape index (κ2) is 12.9. The van der Waals surface area contributed by atoms with E-state index in [0.717, 1.165) is 36.1 Å². The Bertz CT molecular complexity index is 1170. The number of aliphatic carboxylic acids is 1. The van der Waals surface area contributed by atoms with Gasteiger partial charge in [-0.25, -0.2) is 4.79 Å². The summed E-state index contributed by atoms with van der Waals surface area (Å²) in [6, 6.07) is 12.3. The Labute approximate surface area is 210 Å². The lowest BCUT2D eigenvalue weighted by molar-refractivity contribution is -0.141. The largest absolute Gasteiger partial charge is 0.493 e. The molecule has 0 fully saturated rings. The maximum absolute atomic E-state index is 12.8. The molecule has 1 amide bonds. The first-order valence-electron chi connectivity index (χ1n) is 11.7. The number of methoxy groups -OCH3 is 4. The molecule has 0 aliphatic carbocycles. The smallest absolute Gasteiger partial charge is 0.329 e. The first-order chi connectivity index (χ1) is 17.4. The van der Waals surface area contributed by atoms with Crippen LogP contribution in [0.4, 0.5) is 0 Å². The van der Waals surface area contributed by atoms with Crippen molar-refractivity contribution in [2.75, 3.05) is 48.2 Å². The Balaban J connectivity index is 0.000000538. The molecule has 194 valence electrons. The third kappa shape index (κ3) is 6.35. The molecule has 2 aromatic carbocycles. The first-order valence-corrected chi connectivity index (χ1v) is 11.7. The number of aryl methyl sites for hydroxylation is 1. The number of ether oxygens (including phenoxy) is 4. The van der Waals surface area contributed by atoms with Crippen molar-refractivity contribution >= 4 is 22.8 Å². The van der Waals surface area contributed by atoms with Gasteiger partial charge in [-0.2, -0.15) is 0 Å². The summed E-state index contributed by atoms with van der Waals surface area (Å²) in [4.78, 5) is 27.6. The lowest BCUT2D eigenvalue weighted by Gasteiger charge is -2.38. The van der Waals surface area contributed by atoms with Gasteiger partial charge >= 0.3 is 5.97 Å². The number of aromatic nitrogens is 1. The molecule has 1 aliphatic rings. The van der Waals surface area contributed by atoms with Crippen molar-refractivity contribution in [2.45, 2.75) is 25.3 Å². The summed E-state index contributed by atoms with van der Waals surface area (Å²) in [7, 11) is 6.19. The molecule has 1 aromatic heterocycles. The van der Waals surface area contributed by atoms with Gasteiger partial charge in [0, 0.05) is 37.9 Å². The number of amides is 1. The van der Waals surface area contributed by atoms with Gasteiger partial charge in [-0.1, -0.05) is 18.2 Å². The molecule has 9 nitrogen and oxygen atoms in total. The zero-order chi connectivity index (χ0) is 26.1. The number of aromatic amines is 1. The Kier molecular flexibility index (Phi) is 9.72. The van der Waals surface area contributed by atoms with Crippen molar-refractivity contribution in [2.24, 2.45) is 0 Å². The molecule has 0 saturated heterocycles. The topological polar surface area (TPSA) is 110 Å². The number of nitrogens with one attached hydrogen (secondary N) is 1. The number of rotatable bonds is 9. The summed E-state index contributed by atoms with van der Waals surface area (Å²) < 4.78 is 20.4. The van der Waals surface area contributed by atoms with Gasteiger partial charge in [-0.05, 0) is 54.2 Å². The maximum atomic E-state index is 12.8.